The van der Waals surface area contributed by atoms with E-state index in [0.29, 0.717) is 12.5 Å². The molecule has 1 N–H and O–H groups in total. The molecule has 20 heavy (non-hydrogen) atoms. The van der Waals surface area contributed by atoms with Gasteiger partial charge in [0.1, 0.15) is 0 Å². The number of guanidine groups is 1. The number of alkyl halides is 3. The lowest BCUT2D eigenvalue weighted by molar-refractivity contribution is -0.137. The molecule has 4 nitrogen and oxygen atoms in total. The van der Waals surface area contributed by atoms with Gasteiger partial charge >= 0.3 is 6.18 Å². The van der Waals surface area contributed by atoms with E-state index in [-0.39, 0.29) is 5.69 Å². The van der Waals surface area contributed by atoms with Crippen LogP contribution in [0.5, 0.6) is 0 Å². The van der Waals surface area contributed by atoms with Crippen LogP contribution in [-0.4, -0.2) is 18.2 Å². The van der Waals surface area contributed by atoms with Crippen molar-refractivity contribution in [3.05, 3.63) is 29.3 Å². The summed E-state index contributed by atoms with van der Waals surface area (Å²) in [4.78, 5) is 8.22. The Labute approximate surface area is 113 Å². The highest BCUT2D eigenvalue weighted by atomic mass is 19.4. The van der Waals surface area contributed by atoms with Crippen LogP contribution in [-0.2, 0) is 6.18 Å². The summed E-state index contributed by atoms with van der Waals surface area (Å²) in [6.45, 7) is 2.39. The maximum Gasteiger partial charge on any atom is 0.417 e. The SMILES string of the molecule is CCC1=NC(Nc2ccc(C#N)c(C(F)(F)F)c2)=NC1. The minimum Gasteiger partial charge on any atom is -0.324 e. The molecule has 2 rings (SSSR count). The summed E-state index contributed by atoms with van der Waals surface area (Å²) in [5.74, 6) is 0.291. The van der Waals surface area contributed by atoms with Crippen LogP contribution in [0.25, 0.3) is 0 Å². The van der Waals surface area contributed by atoms with Crippen LogP contribution in [0.3, 0.4) is 0 Å². The second kappa shape index (κ2) is 5.33. The fraction of sp³-hybridized carbons (Fsp3) is 0.308. The van der Waals surface area contributed by atoms with Crippen molar-refractivity contribution in [1.29, 1.82) is 5.26 Å². The average molecular weight is 280 g/mol. The van der Waals surface area contributed by atoms with Crippen LogP contribution in [0.1, 0.15) is 24.5 Å². The molecule has 0 amide bonds. The van der Waals surface area contributed by atoms with Crippen molar-refractivity contribution in [3.8, 4) is 6.07 Å². The maximum absolute atomic E-state index is 12.8. The monoisotopic (exact) mass is 280 g/mol. The van der Waals surface area contributed by atoms with Crippen molar-refractivity contribution < 1.29 is 13.2 Å². The zero-order valence-corrected chi connectivity index (χ0v) is 10.6. The van der Waals surface area contributed by atoms with E-state index in [1.54, 1.807) is 0 Å². The van der Waals surface area contributed by atoms with Gasteiger partial charge in [-0.2, -0.15) is 18.4 Å². The first-order valence-electron chi connectivity index (χ1n) is 5.93. The predicted molar refractivity (Wildman–Crippen MR) is 69.8 cm³/mol. The lowest BCUT2D eigenvalue weighted by Crippen LogP contribution is -2.11. The van der Waals surface area contributed by atoms with Gasteiger partial charge in [0.15, 0.2) is 0 Å². The number of hydrogen-bond acceptors (Lipinski definition) is 4. The number of nitriles is 1. The third kappa shape index (κ3) is 2.96. The Morgan fingerprint density at radius 3 is 2.70 bits per heavy atom. The largest absolute Gasteiger partial charge is 0.417 e. The highest BCUT2D eigenvalue weighted by molar-refractivity contribution is 6.08. The summed E-state index contributed by atoms with van der Waals surface area (Å²) in [5.41, 5.74) is -0.300. The van der Waals surface area contributed by atoms with E-state index in [9.17, 15) is 13.2 Å². The molecular formula is C13H11F3N4. The molecule has 1 aromatic rings. The summed E-state index contributed by atoms with van der Waals surface area (Å²) in [6, 6.07) is 4.95. The molecule has 1 aromatic carbocycles. The van der Waals surface area contributed by atoms with E-state index < -0.39 is 17.3 Å². The number of benzene rings is 1. The Morgan fingerprint density at radius 2 is 2.15 bits per heavy atom. The van der Waals surface area contributed by atoms with E-state index in [1.165, 1.54) is 12.1 Å². The van der Waals surface area contributed by atoms with Gasteiger partial charge in [-0.25, -0.2) is 9.98 Å². The summed E-state index contributed by atoms with van der Waals surface area (Å²) in [7, 11) is 0. The third-order valence-electron chi connectivity index (χ3n) is 2.79. The molecule has 0 atom stereocenters. The molecule has 0 bridgehead atoms. The van der Waals surface area contributed by atoms with Crippen LogP contribution in [0.4, 0.5) is 18.9 Å². The molecule has 1 heterocycles. The Bertz CT molecular complexity index is 623. The van der Waals surface area contributed by atoms with Crippen LogP contribution in [0.2, 0.25) is 0 Å². The Kier molecular flexibility index (Phi) is 3.74. The summed E-state index contributed by atoms with van der Waals surface area (Å²) >= 11 is 0. The molecule has 1 aliphatic heterocycles. The van der Waals surface area contributed by atoms with Crippen molar-refractivity contribution in [2.75, 3.05) is 11.9 Å². The van der Waals surface area contributed by atoms with Gasteiger partial charge in [-0.05, 0) is 24.6 Å². The lowest BCUT2D eigenvalue weighted by Gasteiger charge is -2.11. The maximum atomic E-state index is 12.8. The highest BCUT2D eigenvalue weighted by Crippen LogP contribution is 2.33. The van der Waals surface area contributed by atoms with Crippen molar-refractivity contribution in [2.45, 2.75) is 19.5 Å². The molecule has 0 fully saturated rings. The number of anilines is 1. The zero-order chi connectivity index (χ0) is 14.8. The summed E-state index contributed by atoms with van der Waals surface area (Å²) < 4.78 is 38.4. The van der Waals surface area contributed by atoms with Gasteiger partial charge in [-0.1, -0.05) is 6.92 Å². The topological polar surface area (TPSA) is 60.5 Å². The van der Waals surface area contributed by atoms with Crippen LogP contribution in [0.15, 0.2) is 28.2 Å². The zero-order valence-electron chi connectivity index (χ0n) is 10.6. The molecule has 7 heteroatoms. The summed E-state index contributed by atoms with van der Waals surface area (Å²) in [5, 5.41) is 11.4. The van der Waals surface area contributed by atoms with Crippen molar-refractivity contribution in [2.24, 2.45) is 9.98 Å². The van der Waals surface area contributed by atoms with Crippen molar-refractivity contribution in [1.82, 2.24) is 0 Å². The fourth-order valence-corrected chi connectivity index (χ4v) is 1.73. The molecule has 1 aliphatic rings. The van der Waals surface area contributed by atoms with Gasteiger partial charge in [0.2, 0.25) is 5.96 Å². The van der Waals surface area contributed by atoms with Crippen LogP contribution in [0, 0.1) is 11.3 Å². The number of halogens is 3. The van der Waals surface area contributed by atoms with E-state index in [0.717, 1.165) is 24.3 Å². The van der Waals surface area contributed by atoms with Crippen LogP contribution < -0.4 is 5.32 Å². The Hall–Kier alpha value is -2.36. The third-order valence-corrected chi connectivity index (χ3v) is 2.79. The highest BCUT2D eigenvalue weighted by Gasteiger charge is 2.33. The minimum atomic E-state index is -4.57. The molecule has 0 saturated carbocycles. The Morgan fingerprint density at radius 1 is 1.40 bits per heavy atom. The quantitative estimate of drug-likeness (QED) is 0.904. The number of nitrogens with one attached hydrogen (secondary N) is 1. The molecule has 0 radical (unpaired) electrons. The average Bonchev–Trinajstić information content (AvgIpc) is 2.85. The molecule has 0 spiro atoms. The Balaban J connectivity index is 2.27. The number of hydrogen-bond donors (Lipinski definition) is 1. The van der Waals surface area contributed by atoms with Gasteiger partial charge < -0.3 is 5.32 Å². The molecule has 0 unspecified atom stereocenters. The molecule has 0 saturated heterocycles. The number of nitrogens with zero attached hydrogens (tertiary/aromatic N) is 3. The first-order chi connectivity index (χ1) is 9.44. The fourth-order valence-electron chi connectivity index (χ4n) is 1.73. The van der Waals surface area contributed by atoms with Gasteiger partial charge in [-0.15, -0.1) is 0 Å². The van der Waals surface area contributed by atoms with Crippen LogP contribution >= 0.6 is 0 Å². The van der Waals surface area contributed by atoms with E-state index in [2.05, 4.69) is 15.3 Å². The minimum absolute atomic E-state index is 0.205. The first-order valence-corrected chi connectivity index (χ1v) is 5.93. The van der Waals surface area contributed by atoms with E-state index in [1.807, 2.05) is 6.92 Å². The molecular weight excluding hydrogens is 269 g/mol. The first kappa shape index (κ1) is 14.1. The number of rotatable bonds is 2. The van der Waals surface area contributed by atoms with Crippen molar-refractivity contribution in [3.63, 3.8) is 0 Å². The standard InChI is InChI=1S/C13H11F3N4/c1-2-9-7-18-12(19-9)20-10-4-3-8(6-17)11(5-10)13(14,15)16/h3-5H,2,7H2,1H3,(H,18,20). The van der Waals surface area contributed by atoms with E-state index in [4.69, 9.17) is 5.26 Å². The van der Waals surface area contributed by atoms with E-state index >= 15 is 0 Å². The van der Waals surface area contributed by atoms with Gasteiger partial charge in [0.25, 0.3) is 0 Å². The molecule has 0 aliphatic carbocycles. The van der Waals surface area contributed by atoms with Crippen molar-refractivity contribution >= 4 is 17.4 Å². The molecule has 0 aromatic heterocycles. The predicted octanol–water partition coefficient (Wildman–Crippen LogP) is 3.21. The smallest absolute Gasteiger partial charge is 0.324 e. The second-order valence-electron chi connectivity index (χ2n) is 4.17. The van der Waals surface area contributed by atoms with Gasteiger partial charge in [0.05, 0.1) is 23.7 Å². The number of aliphatic imine (C=N–C) groups is 2. The lowest BCUT2D eigenvalue weighted by atomic mass is 10.1. The second-order valence-corrected chi connectivity index (χ2v) is 4.17. The van der Waals surface area contributed by atoms with Gasteiger partial charge in [0, 0.05) is 11.4 Å². The normalized spacial score (nSPS) is 14.6. The molecule has 104 valence electrons. The van der Waals surface area contributed by atoms with Gasteiger partial charge in [-0.3, -0.25) is 0 Å². The summed E-state index contributed by atoms with van der Waals surface area (Å²) in [6.07, 6.45) is -3.83.